The maximum absolute atomic E-state index is 13.2. The van der Waals surface area contributed by atoms with Gasteiger partial charge >= 0.3 is 0 Å². The Balaban J connectivity index is 2.71. The van der Waals surface area contributed by atoms with E-state index in [1.165, 1.54) is 0 Å². The zero-order valence-corrected chi connectivity index (χ0v) is 19.3. The molecular weight excluding hydrogens is 401 g/mol. The first-order chi connectivity index (χ1) is 14.5. The summed E-state index contributed by atoms with van der Waals surface area (Å²) in [5.74, 6) is -1.12. The van der Waals surface area contributed by atoms with Crippen LogP contribution in [0.15, 0.2) is 31.4 Å². The molecule has 1 aliphatic heterocycles. The van der Waals surface area contributed by atoms with E-state index >= 15 is 0 Å². The predicted molar refractivity (Wildman–Crippen MR) is 122 cm³/mol. The van der Waals surface area contributed by atoms with Gasteiger partial charge in [0.1, 0.15) is 5.75 Å². The van der Waals surface area contributed by atoms with Crippen LogP contribution in [0.5, 0.6) is 5.75 Å². The van der Waals surface area contributed by atoms with Gasteiger partial charge in [-0.05, 0) is 62.9 Å². The van der Waals surface area contributed by atoms with Gasteiger partial charge in [-0.1, -0.05) is 12.2 Å². The molecule has 0 bridgehead atoms. The Bertz CT molecular complexity index is 786. The number of benzene rings is 1. The third-order valence-electron chi connectivity index (χ3n) is 5.26. The Morgan fingerprint density at radius 1 is 1.20 bits per heavy atom. The molecule has 30 heavy (non-hydrogen) atoms. The van der Waals surface area contributed by atoms with E-state index < -0.39 is 14.4 Å². The first-order valence-electron chi connectivity index (χ1n) is 10.6. The minimum absolute atomic E-state index is 0.0846. The summed E-state index contributed by atoms with van der Waals surface area (Å²) in [5, 5.41) is 10.8. The van der Waals surface area contributed by atoms with E-state index in [-0.39, 0.29) is 11.7 Å². The molecule has 0 spiro atoms. The van der Waals surface area contributed by atoms with Gasteiger partial charge in [0, 0.05) is 31.6 Å². The fourth-order valence-electron chi connectivity index (χ4n) is 4.10. The number of amides is 1. The molecule has 1 aromatic carbocycles. The molecule has 7 heteroatoms. The summed E-state index contributed by atoms with van der Waals surface area (Å²) >= 11 is 0. The first kappa shape index (κ1) is 24.4. The van der Waals surface area contributed by atoms with E-state index in [2.05, 4.69) is 13.2 Å². The van der Waals surface area contributed by atoms with Crippen molar-refractivity contribution in [3.05, 3.63) is 48.1 Å². The van der Waals surface area contributed by atoms with Crippen molar-refractivity contribution < 1.29 is 23.9 Å². The summed E-state index contributed by atoms with van der Waals surface area (Å²) in [7, 11) is -0.874. The number of fused-ring (bicyclic) bond motifs is 1. The fourth-order valence-corrected chi connectivity index (χ4v) is 4.47. The monoisotopic (exact) mass is 435 g/mol. The number of allylic oxidation sites excluding steroid dienone is 2. The summed E-state index contributed by atoms with van der Waals surface area (Å²) in [4.78, 5) is 14.8. The minimum atomic E-state index is -1.27. The van der Waals surface area contributed by atoms with Crippen LogP contribution in [0.1, 0.15) is 49.8 Å². The maximum atomic E-state index is 13.2. The molecule has 1 aromatic rings. The molecule has 1 unspecified atom stereocenters. The Morgan fingerprint density at radius 2 is 1.87 bits per heavy atom. The zero-order valence-electron chi connectivity index (χ0n) is 18.1. The summed E-state index contributed by atoms with van der Waals surface area (Å²) in [6, 6.07) is 1.85. The zero-order chi connectivity index (χ0) is 22.1. The SMILES string of the molecule is C=CCc1cc2c(c(CC=C)c1O)CCC(=O)N2C(CCC[PH2]=O)(OCC)OCC. The van der Waals surface area contributed by atoms with Crippen LogP contribution < -0.4 is 4.90 Å². The molecule has 166 valence electrons. The van der Waals surface area contributed by atoms with Gasteiger partial charge in [-0.2, -0.15) is 0 Å². The van der Waals surface area contributed by atoms with E-state index in [4.69, 9.17) is 9.47 Å². The number of phenolic OH excluding ortho intramolecular Hbond substituents is 1. The van der Waals surface area contributed by atoms with E-state index in [9.17, 15) is 14.5 Å². The number of hydrogen-bond donors (Lipinski definition) is 1. The molecule has 1 aliphatic rings. The Kier molecular flexibility index (Phi) is 9.35. The highest BCUT2D eigenvalue weighted by Gasteiger charge is 2.45. The Morgan fingerprint density at radius 3 is 2.43 bits per heavy atom. The van der Waals surface area contributed by atoms with Gasteiger partial charge in [0.25, 0.3) is 5.91 Å². The van der Waals surface area contributed by atoms with Crippen LogP contribution in [0.3, 0.4) is 0 Å². The summed E-state index contributed by atoms with van der Waals surface area (Å²) in [5.41, 5.74) is 3.10. The van der Waals surface area contributed by atoms with Crippen molar-refractivity contribution in [2.45, 2.75) is 58.3 Å². The lowest BCUT2D eigenvalue weighted by atomic mass is 9.89. The number of anilines is 1. The number of carbonyl (C=O) groups is 1. The second kappa shape index (κ2) is 11.5. The van der Waals surface area contributed by atoms with Crippen LogP contribution in [-0.2, 0) is 38.1 Å². The largest absolute Gasteiger partial charge is 0.507 e. The highest BCUT2D eigenvalue weighted by molar-refractivity contribution is 7.23. The number of carbonyl (C=O) groups excluding carboxylic acids is 1. The van der Waals surface area contributed by atoms with Crippen LogP contribution >= 0.6 is 8.46 Å². The van der Waals surface area contributed by atoms with Gasteiger partial charge in [-0.3, -0.25) is 9.69 Å². The van der Waals surface area contributed by atoms with Gasteiger partial charge in [0.2, 0.25) is 5.91 Å². The molecule has 0 aromatic heterocycles. The van der Waals surface area contributed by atoms with Crippen LogP contribution in [-0.4, -0.2) is 36.3 Å². The second-order valence-corrected chi connectivity index (χ2v) is 8.12. The average Bonchev–Trinajstić information content (AvgIpc) is 2.71. The summed E-state index contributed by atoms with van der Waals surface area (Å²) in [6.45, 7) is 12.1. The molecule has 0 saturated heterocycles. The molecule has 0 aliphatic carbocycles. The van der Waals surface area contributed by atoms with Crippen LogP contribution in [0, 0.1) is 0 Å². The van der Waals surface area contributed by atoms with Crippen molar-refractivity contribution >= 4 is 20.1 Å². The van der Waals surface area contributed by atoms with E-state index in [0.717, 1.165) is 11.1 Å². The number of rotatable bonds is 13. The lowest BCUT2D eigenvalue weighted by molar-refractivity contribution is -0.236. The third-order valence-corrected chi connectivity index (χ3v) is 5.91. The normalized spacial score (nSPS) is 14.3. The lowest BCUT2D eigenvalue weighted by Crippen LogP contribution is -2.58. The van der Waals surface area contributed by atoms with E-state index in [0.29, 0.717) is 69.2 Å². The highest BCUT2D eigenvalue weighted by atomic mass is 31.1. The molecule has 0 saturated carbocycles. The highest BCUT2D eigenvalue weighted by Crippen LogP contribution is 2.43. The van der Waals surface area contributed by atoms with Crippen molar-refractivity contribution in [1.29, 1.82) is 0 Å². The second-order valence-electron chi connectivity index (χ2n) is 7.21. The van der Waals surface area contributed by atoms with E-state index in [1.54, 1.807) is 17.1 Å². The topological polar surface area (TPSA) is 76.1 Å². The van der Waals surface area contributed by atoms with Gasteiger partial charge in [0.05, 0.1) is 14.1 Å². The molecule has 1 heterocycles. The summed E-state index contributed by atoms with van der Waals surface area (Å²) in [6.07, 6.45) is 6.89. The average molecular weight is 436 g/mol. The van der Waals surface area contributed by atoms with Crippen molar-refractivity contribution in [3.8, 4) is 5.75 Å². The predicted octanol–water partition coefficient (Wildman–Crippen LogP) is 4.39. The number of phenols is 1. The molecule has 0 radical (unpaired) electrons. The van der Waals surface area contributed by atoms with Crippen molar-refractivity contribution in [2.24, 2.45) is 0 Å². The first-order valence-corrected chi connectivity index (χ1v) is 11.9. The standard InChI is InChI=1S/C23H34NO5P/c1-5-10-17-16-20-18(19(11-6-2)22(17)26)12-13-21(25)24(20)23(28-7-3,29-8-4)14-9-15-30-27/h5-6,16,26H,1-2,7-15,30H2,3-4H3. The third kappa shape index (κ3) is 5.05. The molecule has 0 fully saturated rings. The molecule has 2 rings (SSSR count). The molecule has 1 N–H and O–H groups in total. The van der Waals surface area contributed by atoms with Crippen LogP contribution in [0.25, 0.3) is 0 Å². The lowest BCUT2D eigenvalue weighted by Gasteiger charge is -2.45. The van der Waals surface area contributed by atoms with Crippen LogP contribution in [0.4, 0.5) is 5.69 Å². The van der Waals surface area contributed by atoms with Gasteiger partial charge in [-0.15, -0.1) is 13.2 Å². The molecular formula is C23H34NO5P. The van der Waals surface area contributed by atoms with Crippen molar-refractivity contribution in [3.63, 3.8) is 0 Å². The summed E-state index contributed by atoms with van der Waals surface area (Å²) < 4.78 is 23.3. The number of aromatic hydroxyl groups is 1. The maximum Gasteiger partial charge on any atom is 0.258 e. The van der Waals surface area contributed by atoms with Gasteiger partial charge < -0.3 is 19.1 Å². The molecule has 1 amide bonds. The fraction of sp³-hybridized carbons (Fsp3) is 0.522. The smallest absolute Gasteiger partial charge is 0.258 e. The number of nitrogens with zero attached hydrogens (tertiary/aromatic N) is 1. The van der Waals surface area contributed by atoms with Crippen LogP contribution in [0.2, 0.25) is 0 Å². The quantitative estimate of drug-likeness (QED) is 0.215. The minimum Gasteiger partial charge on any atom is -0.507 e. The number of ether oxygens (including phenoxy) is 2. The van der Waals surface area contributed by atoms with E-state index in [1.807, 2.05) is 19.9 Å². The van der Waals surface area contributed by atoms with Gasteiger partial charge in [-0.25, -0.2) is 0 Å². The van der Waals surface area contributed by atoms with Crippen molar-refractivity contribution in [2.75, 3.05) is 24.3 Å². The number of hydrogen-bond acceptors (Lipinski definition) is 5. The molecule has 1 atom stereocenters. The van der Waals surface area contributed by atoms with Gasteiger partial charge in [0.15, 0.2) is 0 Å². The Hall–Kier alpha value is -1.88. The van der Waals surface area contributed by atoms with Crippen molar-refractivity contribution in [1.82, 2.24) is 0 Å². The molecule has 6 nitrogen and oxygen atoms in total. The Labute approximate surface area is 180 Å².